The van der Waals surface area contributed by atoms with Crippen molar-refractivity contribution >= 4 is 0 Å². The molecular formula is C7H8N4O. The molecule has 1 heterocycles. The van der Waals surface area contributed by atoms with Gasteiger partial charge < -0.3 is 4.74 Å². The Hall–Kier alpha value is -1.58. The maximum absolute atomic E-state index is 7.93. The minimum atomic E-state index is 0.0487. The van der Waals surface area contributed by atoms with Crippen molar-refractivity contribution in [3.8, 4) is 0 Å². The highest BCUT2D eigenvalue weighted by molar-refractivity contribution is 5.01. The highest BCUT2D eigenvalue weighted by atomic mass is 16.5. The molecule has 0 saturated carbocycles. The first-order valence-electron chi connectivity index (χ1n) is 3.42. The summed E-state index contributed by atoms with van der Waals surface area (Å²) in [6, 6.07) is 5.55. The lowest BCUT2D eigenvalue weighted by atomic mass is 10.4. The molecule has 0 aromatic carbocycles. The van der Waals surface area contributed by atoms with Crippen molar-refractivity contribution in [1.82, 2.24) is 4.98 Å². The summed E-state index contributed by atoms with van der Waals surface area (Å²) in [5.74, 6) is 0. The third-order valence-corrected chi connectivity index (χ3v) is 1.19. The van der Waals surface area contributed by atoms with Crippen LogP contribution in [0.1, 0.15) is 5.69 Å². The van der Waals surface area contributed by atoms with E-state index in [1.165, 1.54) is 0 Å². The largest absolute Gasteiger partial charge is 0.369 e. The third-order valence-electron chi connectivity index (χ3n) is 1.19. The first-order valence-corrected chi connectivity index (χ1v) is 3.42. The van der Waals surface area contributed by atoms with Gasteiger partial charge >= 0.3 is 0 Å². The first-order chi connectivity index (χ1) is 5.93. The summed E-state index contributed by atoms with van der Waals surface area (Å²) < 4.78 is 4.98. The number of rotatable bonds is 4. The molecule has 1 aromatic rings. The lowest BCUT2D eigenvalue weighted by molar-refractivity contribution is 0.125. The molecule has 5 nitrogen and oxygen atoms in total. The van der Waals surface area contributed by atoms with E-state index in [1.54, 1.807) is 6.20 Å². The number of pyridine rings is 1. The Balaban J connectivity index is 2.29. The van der Waals surface area contributed by atoms with E-state index in [0.29, 0.717) is 6.61 Å². The molecule has 1 aromatic heterocycles. The van der Waals surface area contributed by atoms with Gasteiger partial charge in [0.2, 0.25) is 0 Å². The zero-order valence-corrected chi connectivity index (χ0v) is 6.42. The van der Waals surface area contributed by atoms with Gasteiger partial charge in [-0.3, -0.25) is 4.98 Å². The second-order valence-electron chi connectivity index (χ2n) is 2.03. The van der Waals surface area contributed by atoms with Crippen LogP contribution in [0.2, 0.25) is 0 Å². The second kappa shape index (κ2) is 5.12. The van der Waals surface area contributed by atoms with Gasteiger partial charge in [0.25, 0.3) is 0 Å². The van der Waals surface area contributed by atoms with Crippen molar-refractivity contribution in [2.75, 3.05) is 6.73 Å². The second-order valence-corrected chi connectivity index (χ2v) is 2.03. The first kappa shape index (κ1) is 8.52. The third kappa shape index (κ3) is 3.01. The summed E-state index contributed by atoms with van der Waals surface area (Å²) in [5.41, 5.74) is 8.75. The summed E-state index contributed by atoms with van der Waals surface area (Å²) in [6.07, 6.45) is 1.69. The van der Waals surface area contributed by atoms with Gasteiger partial charge in [-0.1, -0.05) is 11.2 Å². The molecular weight excluding hydrogens is 156 g/mol. The Bertz CT molecular complexity index is 268. The number of hydrogen-bond acceptors (Lipinski definition) is 3. The van der Waals surface area contributed by atoms with Crippen LogP contribution in [0.3, 0.4) is 0 Å². The maximum Gasteiger partial charge on any atom is 0.126 e. The number of azide groups is 1. The Morgan fingerprint density at radius 3 is 3.17 bits per heavy atom. The summed E-state index contributed by atoms with van der Waals surface area (Å²) in [4.78, 5) is 6.56. The SMILES string of the molecule is [N-]=[N+]=NCOCc1ccccn1. The highest BCUT2D eigenvalue weighted by Gasteiger charge is 1.90. The lowest BCUT2D eigenvalue weighted by Gasteiger charge is -1.97. The van der Waals surface area contributed by atoms with Gasteiger partial charge in [0.05, 0.1) is 12.3 Å². The van der Waals surface area contributed by atoms with E-state index in [4.69, 9.17) is 10.3 Å². The Kier molecular flexibility index (Phi) is 3.63. The summed E-state index contributed by atoms with van der Waals surface area (Å²) >= 11 is 0. The van der Waals surface area contributed by atoms with E-state index in [2.05, 4.69) is 15.0 Å². The van der Waals surface area contributed by atoms with Crippen molar-refractivity contribution < 1.29 is 4.74 Å². The molecule has 0 N–H and O–H groups in total. The molecule has 0 amide bonds. The standard InChI is InChI=1S/C7H8N4O/c8-11-10-6-12-5-7-3-1-2-4-9-7/h1-4H,5-6H2. The van der Waals surface area contributed by atoms with Crippen molar-refractivity contribution in [2.24, 2.45) is 5.11 Å². The number of aromatic nitrogens is 1. The van der Waals surface area contributed by atoms with Gasteiger partial charge in [-0.25, -0.2) is 0 Å². The predicted molar refractivity (Wildman–Crippen MR) is 43.0 cm³/mol. The average Bonchev–Trinajstić information content (AvgIpc) is 2.14. The average molecular weight is 164 g/mol. The smallest absolute Gasteiger partial charge is 0.126 e. The molecule has 1 rings (SSSR count). The number of ether oxygens (including phenoxy) is 1. The van der Waals surface area contributed by atoms with Crippen LogP contribution in [0, 0.1) is 0 Å². The van der Waals surface area contributed by atoms with Gasteiger partial charge in [0.15, 0.2) is 0 Å². The predicted octanol–water partition coefficient (Wildman–Crippen LogP) is 1.87. The van der Waals surface area contributed by atoms with E-state index >= 15 is 0 Å². The van der Waals surface area contributed by atoms with E-state index in [-0.39, 0.29) is 6.73 Å². The van der Waals surface area contributed by atoms with Gasteiger partial charge in [-0.05, 0) is 17.7 Å². The fourth-order valence-electron chi connectivity index (χ4n) is 0.700. The molecule has 0 bridgehead atoms. The molecule has 0 radical (unpaired) electrons. The maximum atomic E-state index is 7.93. The summed E-state index contributed by atoms with van der Waals surface area (Å²) in [7, 11) is 0. The zero-order valence-electron chi connectivity index (χ0n) is 6.42. The van der Waals surface area contributed by atoms with Crippen molar-refractivity contribution in [2.45, 2.75) is 6.61 Å². The molecule has 0 aliphatic carbocycles. The van der Waals surface area contributed by atoms with E-state index < -0.39 is 0 Å². The molecule has 0 atom stereocenters. The van der Waals surface area contributed by atoms with Crippen LogP contribution in [0.4, 0.5) is 0 Å². The quantitative estimate of drug-likeness (QED) is 0.295. The van der Waals surface area contributed by atoms with Crippen molar-refractivity contribution in [1.29, 1.82) is 0 Å². The van der Waals surface area contributed by atoms with Crippen LogP contribution in [-0.4, -0.2) is 11.7 Å². The Labute approximate surface area is 69.6 Å². The molecule has 12 heavy (non-hydrogen) atoms. The van der Waals surface area contributed by atoms with Crippen LogP contribution >= 0.6 is 0 Å². The fraction of sp³-hybridized carbons (Fsp3) is 0.286. The van der Waals surface area contributed by atoms with Crippen LogP contribution in [0.15, 0.2) is 29.5 Å². The topological polar surface area (TPSA) is 70.9 Å². The van der Waals surface area contributed by atoms with Crippen LogP contribution in [-0.2, 0) is 11.3 Å². The number of hydrogen-bond donors (Lipinski definition) is 0. The summed E-state index contributed by atoms with van der Waals surface area (Å²) in [5, 5.41) is 3.22. The highest BCUT2D eigenvalue weighted by Crippen LogP contribution is 1.95. The molecule has 5 heteroatoms. The lowest BCUT2D eigenvalue weighted by Crippen LogP contribution is -1.94. The van der Waals surface area contributed by atoms with Gasteiger partial charge in [-0.2, -0.15) is 0 Å². The van der Waals surface area contributed by atoms with E-state index in [0.717, 1.165) is 5.69 Å². The van der Waals surface area contributed by atoms with Crippen LogP contribution in [0.25, 0.3) is 10.4 Å². The molecule has 0 spiro atoms. The minimum Gasteiger partial charge on any atom is -0.369 e. The van der Waals surface area contributed by atoms with Crippen molar-refractivity contribution in [3.05, 3.63) is 40.5 Å². The van der Waals surface area contributed by atoms with Gasteiger partial charge in [-0.15, -0.1) is 0 Å². The van der Waals surface area contributed by atoms with Crippen molar-refractivity contribution in [3.63, 3.8) is 0 Å². The molecule has 0 aliphatic heterocycles. The molecule has 0 fully saturated rings. The Morgan fingerprint density at radius 2 is 2.50 bits per heavy atom. The van der Waals surface area contributed by atoms with E-state index in [1.807, 2.05) is 18.2 Å². The molecule has 0 aliphatic rings. The number of nitrogens with zero attached hydrogens (tertiary/aromatic N) is 4. The zero-order chi connectivity index (χ0) is 8.65. The fourth-order valence-corrected chi connectivity index (χ4v) is 0.700. The van der Waals surface area contributed by atoms with E-state index in [9.17, 15) is 0 Å². The van der Waals surface area contributed by atoms with Gasteiger partial charge in [0.1, 0.15) is 6.73 Å². The normalized spacial score (nSPS) is 9.00. The molecule has 62 valence electrons. The minimum absolute atomic E-state index is 0.0487. The molecule has 0 saturated heterocycles. The van der Waals surface area contributed by atoms with Gasteiger partial charge in [0, 0.05) is 11.1 Å². The van der Waals surface area contributed by atoms with Crippen LogP contribution in [0.5, 0.6) is 0 Å². The summed E-state index contributed by atoms with van der Waals surface area (Å²) in [6.45, 7) is 0.424. The van der Waals surface area contributed by atoms with Crippen LogP contribution < -0.4 is 0 Å². The monoisotopic (exact) mass is 164 g/mol. The Morgan fingerprint density at radius 1 is 1.58 bits per heavy atom. The molecule has 0 unspecified atom stereocenters.